The van der Waals surface area contributed by atoms with Gasteiger partial charge in [-0.05, 0) is 114 Å². The van der Waals surface area contributed by atoms with Crippen LogP contribution in [0.5, 0.6) is 5.75 Å². The van der Waals surface area contributed by atoms with Crippen molar-refractivity contribution in [2.45, 2.75) is 6.92 Å². The van der Waals surface area contributed by atoms with Crippen molar-refractivity contribution in [3.8, 4) is 148 Å². The van der Waals surface area contributed by atoms with Crippen molar-refractivity contribution in [3.63, 3.8) is 0 Å². The summed E-state index contributed by atoms with van der Waals surface area (Å²) in [4.78, 5) is 21.5. The van der Waals surface area contributed by atoms with Crippen molar-refractivity contribution in [1.82, 2.24) is 0 Å². The largest absolute Gasteiger partial charge is 0.417 e. The van der Waals surface area contributed by atoms with Crippen LogP contribution in [0.2, 0.25) is 0 Å². The molecule has 5 nitrogen and oxygen atoms in total. The van der Waals surface area contributed by atoms with E-state index in [1.54, 1.807) is 6.92 Å². The van der Waals surface area contributed by atoms with Crippen LogP contribution in [-0.2, 0) is 4.79 Å². The standard InChI is InChI=1S/C32H7NO4/c1-2-3-4-5-6-7-8-9-10-11-12-13-14-15-16-17-18-19-20-21-22-23-24-25-32(34)37-31-28-26-30(27-29-31)33(35)36/h26-29H,1H3. The van der Waals surface area contributed by atoms with E-state index in [0.29, 0.717) is 0 Å². The Kier molecular flexibility index (Phi) is 14.7. The van der Waals surface area contributed by atoms with Crippen LogP contribution in [0, 0.1) is 152 Å². The van der Waals surface area contributed by atoms with Crippen molar-refractivity contribution >= 4 is 11.7 Å². The molecule has 0 aromatic heterocycles. The maximum absolute atomic E-state index is 11.5. The number of benzene rings is 1. The summed E-state index contributed by atoms with van der Waals surface area (Å²) in [6.45, 7) is 1.68. The predicted octanol–water partition coefficient (Wildman–Crippen LogP) is 1.56. The van der Waals surface area contributed by atoms with E-state index in [0.717, 1.165) is 0 Å². The summed E-state index contributed by atoms with van der Waals surface area (Å²) < 4.78 is 4.88. The van der Waals surface area contributed by atoms with E-state index in [-0.39, 0.29) is 11.4 Å². The van der Waals surface area contributed by atoms with Gasteiger partial charge in [0.05, 0.1) is 4.92 Å². The van der Waals surface area contributed by atoms with Crippen molar-refractivity contribution in [1.29, 1.82) is 0 Å². The van der Waals surface area contributed by atoms with Gasteiger partial charge in [-0.25, -0.2) is 4.79 Å². The van der Waals surface area contributed by atoms with E-state index in [1.807, 2.05) is 0 Å². The topological polar surface area (TPSA) is 69.4 Å². The van der Waals surface area contributed by atoms with Gasteiger partial charge in [0.2, 0.25) is 0 Å². The van der Waals surface area contributed by atoms with E-state index in [1.165, 1.54) is 24.3 Å². The highest BCUT2D eigenvalue weighted by Gasteiger charge is 2.06. The molecule has 0 heterocycles. The van der Waals surface area contributed by atoms with E-state index in [2.05, 4.69) is 142 Å². The Labute approximate surface area is 215 Å². The van der Waals surface area contributed by atoms with Gasteiger partial charge in [0.25, 0.3) is 5.69 Å². The van der Waals surface area contributed by atoms with Gasteiger partial charge in [-0.15, -0.1) is 0 Å². The molecule has 1 aromatic rings. The van der Waals surface area contributed by atoms with Crippen LogP contribution in [0.15, 0.2) is 24.3 Å². The molecule has 0 radical (unpaired) electrons. The van der Waals surface area contributed by atoms with Crippen LogP contribution in [0.4, 0.5) is 5.69 Å². The SMILES string of the molecule is CC#CC#CC#CC#CC#CC#CC#CC#CC#CC#CC#CC#CC(=O)Oc1ccc([N+](=O)[O-])cc1. The zero-order valence-corrected chi connectivity index (χ0v) is 18.9. The number of nitro benzene ring substituents is 1. The fourth-order valence-corrected chi connectivity index (χ4v) is 1.54. The van der Waals surface area contributed by atoms with Crippen molar-refractivity contribution in [3.05, 3.63) is 34.4 Å². The van der Waals surface area contributed by atoms with Crippen LogP contribution in [0.3, 0.4) is 0 Å². The zero-order chi connectivity index (χ0) is 26.8. The second-order valence-electron chi connectivity index (χ2n) is 5.27. The number of nitro groups is 1. The molecule has 37 heavy (non-hydrogen) atoms. The van der Waals surface area contributed by atoms with Crippen LogP contribution >= 0.6 is 0 Å². The van der Waals surface area contributed by atoms with Crippen LogP contribution < -0.4 is 4.74 Å². The molecule has 0 unspecified atom stereocenters. The van der Waals surface area contributed by atoms with Gasteiger partial charge in [-0.2, -0.15) is 0 Å². The fraction of sp³-hybridized carbons (Fsp3) is 0.0312. The van der Waals surface area contributed by atoms with E-state index >= 15 is 0 Å². The van der Waals surface area contributed by atoms with Crippen LogP contribution in [0.25, 0.3) is 0 Å². The minimum atomic E-state index is -0.872. The third kappa shape index (κ3) is 16.1. The molecule has 0 aliphatic heterocycles. The lowest BCUT2D eigenvalue weighted by molar-refractivity contribution is -0.384. The molecule has 164 valence electrons. The number of hydrogen-bond acceptors (Lipinski definition) is 4. The Bertz CT molecular complexity index is 1860. The first kappa shape index (κ1) is 27.8. The maximum Gasteiger partial charge on any atom is 0.390 e. The molecule has 0 bridgehead atoms. The average Bonchev–Trinajstić information content (AvgIpc) is 2.89. The minimum Gasteiger partial charge on any atom is -0.417 e. The normalized spacial score (nSPS) is 5.86. The Morgan fingerprint density at radius 1 is 0.595 bits per heavy atom. The van der Waals surface area contributed by atoms with Gasteiger partial charge in [0.15, 0.2) is 0 Å². The van der Waals surface area contributed by atoms with Gasteiger partial charge >= 0.3 is 5.97 Å². The van der Waals surface area contributed by atoms with Gasteiger partial charge < -0.3 is 4.74 Å². The molecule has 1 rings (SSSR count). The smallest absolute Gasteiger partial charge is 0.390 e. The summed E-state index contributed by atoms with van der Waals surface area (Å²) in [5, 5.41) is 10.6. The van der Waals surface area contributed by atoms with Crippen molar-refractivity contribution in [2.24, 2.45) is 0 Å². The molecular weight excluding hydrogens is 462 g/mol. The van der Waals surface area contributed by atoms with E-state index < -0.39 is 10.9 Å². The fourth-order valence-electron chi connectivity index (χ4n) is 1.54. The Morgan fingerprint density at radius 3 is 1.24 bits per heavy atom. The number of nitrogens with zero attached hydrogens (tertiary/aromatic N) is 1. The number of non-ortho nitro benzene ring substituents is 1. The number of rotatable bonds is 2. The van der Waals surface area contributed by atoms with E-state index in [9.17, 15) is 14.9 Å². The molecular formula is C32H7NO4. The average molecular weight is 469 g/mol. The summed E-state index contributed by atoms with van der Waals surface area (Å²) in [7, 11) is 0. The Balaban J connectivity index is 2.44. The third-order valence-corrected chi connectivity index (χ3v) is 2.86. The number of ether oxygens (including phenoxy) is 1. The van der Waals surface area contributed by atoms with Gasteiger partial charge in [0, 0.05) is 53.6 Å². The molecule has 0 aliphatic rings. The van der Waals surface area contributed by atoms with Gasteiger partial charge in [-0.1, -0.05) is 5.92 Å². The van der Waals surface area contributed by atoms with Gasteiger partial charge in [-0.3, -0.25) is 10.1 Å². The molecule has 0 amide bonds. The lowest BCUT2D eigenvalue weighted by Crippen LogP contribution is -2.04. The molecule has 0 spiro atoms. The Hall–Kier alpha value is -7.19. The van der Waals surface area contributed by atoms with Crippen LogP contribution in [0.1, 0.15) is 6.92 Å². The lowest BCUT2D eigenvalue weighted by atomic mass is 10.3. The lowest BCUT2D eigenvalue weighted by Gasteiger charge is -1.98. The summed E-state index contributed by atoms with van der Waals surface area (Å²) in [6.07, 6.45) is 0. The zero-order valence-electron chi connectivity index (χ0n) is 18.9. The van der Waals surface area contributed by atoms with Crippen molar-refractivity contribution < 1.29 is 14.5 Å². The Morgan fingerprint density at radius 2 is 0.919 bits per heavy atom. The monoisotopic (exact) mass is 469 g/mol. The van der Waals surface area contributed by atoms with Crippen molar-refractivity contribution in [2.75, 3.05) is 0 Å². The highest BCUT2D eigenvalue weighted by atomic mass is 16.6. The summed E-state index contributed by atoms with van der Waals surface area (Å²) in [5.41, 5.74) is -0.126. The highest BCUT2D eigenvalue weighted by Crippen LogP contribution is 2.17. The second kappa shape index (κ2) is 19.5. The molecule has 0 saturated heterocycles. The third-order valence-electron chi connectivity index (χ3n) is 2.86. The second-order valence-corrected chi connectivity index (χ2v) is 5.27. The van der Waals surface area contributed by atoms with Crippen LogP contribution in [-0.4, -0.2) is 10.9 Å². The molecule has 0 saturated carbocycles. The molecule has 0 atom stereocenters. The van der Waals surface area contributed by atoms with E-state index in [4.69, 9.17) is 4.74 Å². The number of hydrogen-bond donors (Lipinski definition) is 0. The van der Waals surface area contributed by atoms with Gasteiger partial charge in [0.1, 0.15) is 5.75 Å². The first-order chi connectivity index (χ1) is 18.1. The summed E-state index contributed by atoms with van der Waals surface area (Å²) >= 11 is 0. The molecule has 0 fully saturated rings. The molecule has 0 N–H and O–H groups in total. The quantitative estimate of drug-likeness (QED) is 0.165. The number of carbonyl (C=O) groups is 1. The molecule has 1 aromatic carbocycles. The highest BCUT2D eigenvalue weighted by molar-refractivity contribution is 5.90. The minimum absolute atomic E-state index is 0.118. The number of esters is 1. The number of carbonyl (C=O) groups excluding carboxylic acids is 1. The maximum atomic E-state index is 11.5. The molecule has 5 heteroatoms. The molecule has 0 aliphatic carbocycles. The summed E-state index contributed by atoms with van der Waals surface area (Å²) in [5.74, 6) is 58.0. The predicted molar refractivity (Wildman–Crippen MR) is 138 cm³/mol. The first-order valence-electron chi connectivity index (χ1n) is 9.52. The first-order valence-corrected chi connectivity index (χ1v) is 9.52. The summed E-state index contributed by atoms with van der Waals surface area (Å²) in [6, 6.07) is 4.97.